The zero-order chi connectivity index (χ0) is 22.7. The molecular formula is C24H30N4O4. The molecule has 0 spiro atoms. The number of nitrogens with zero attached hydrogens (tertiary/aromatic N) is 3. The summed E-state index contributed by atoms with van der Waals surface area (Å²) in [6.45, 7) is 3.09. The van der Waals surface area contributed by atoms with Crippen LogP contribution in [0, 0.1) is 0 Å². The maximum Gasteiger partial charge on any atom is 0.255 e. The fraction of sp³-hybridized carbons (Fsp3) is 0.417. The zero-order valence-electron chi connectivity index (χ0n) is 19.1. The monoisotopic (exact) mass is 438 g/mol. The highest BCUT2D eigenvalue weighted by Gasteiger charge is 2.18. The Bertz CT molecular complexity index is 1090. The Hall–Kier alpha value is -3.26. The van der Waals surface area contributed by atoms with Gasteiger partial charge in [-0.1, -0.05) is 6.42 Å². The highest BCUT2D eigenvalue weighted by molar-refractivity contribution is 6.05. The van der Waals surface area contributed by atoms with Crippen LogP contribution in [-0.4, -0.2) is 54.8 Å². The number of fused-ring (bicyclic) bond motifs is 1. The van der Waals surface area contributed by atoms with Gasteiger partial charge in [-0.3, -0.25) is 9.69 Å². The second kappa shape index (κ2) is 9.48. The van der Waals surface area contributed by atoms with Crippen molar-refractivity contribution < 1.29 is 19.0 Å². The van der Waals surface area contributed by atoms with Crippen molar-refractivity contribution in [2.45, 2.75) is 25.8 Å². The van der Waals surface area contributed by atoms with Crippen LogP contribution in [-0.2, 0) is 13.6 Å². The molecule has 2 heterocycles. The highest BCUT2D eigenvalue weighted by atomic mass is 16.5. The summed E-state index contributed by atoms with van der Waals surface area (Å²) in [5.74, 6) is 2.07. The third-order valence-electron chi connectivity index (χ3n) is 5.97. The first-order valence-corrected chi connectivity index (χ1v) is 10.8. The Morgan fingerprint density at radius 2 is 1.69 bits per heavy atom. The Morgan fingerprint density at radius 3 is 2.31 bits per heavy atom. The number of aryl methyl sites for hydroxylation is 1. The second-order valence-electron chi connectivity index (χ2n) is 8.00. The van der Waals surface area contributed by atoms with Crippen LogP contribution in [0.5, 0.6) is 17.2 Å². The number of benzene rings is 2. The summed E-state index contributed by atoms with van der Waals surface area (Å²) >= 11 is 0. The lowest BCUT2D eigenvalue weighted by atomic mass is 10.1. The van der Waals surface area contributed by atoms with E-state index in [1.54, 1.807) is 12.1 Å². The summed E-state index contributed by atoms with van der Waals surface area (Å²) in [6, 6.07) is 9.06. The zero-order valence-corrected chi connectivity index (χ0v) is 19.1. The van der Waals surface area contributed by atoms with Crippen LogP contribution < -0.4 is 19.5 Å². The van der Waals surface area contributed by atoms with Crippen molar-refractivity contribution in [3.05, 3.63) is 41.7 Å². The van der Waals surface area contributed by atoms with Crippen LogP contribution in [0.2, 0.25) is 0 Å². The molecule has 1 aromatic heterocycles. The van der Waals surface area contributed by atoms with Gasteiger partial charge in [0, 0.05) is 18.3 Å². The molecule has 0 bridgehead atoms. The van der Waals surface area contributed by atoms with Crippen LogP contribution in [0.1, 0.15) is 35.4 Å². The van der Waals surface area contributed by atoms with Crippen LogP contribution in [0.15, 0.2) is 30.3 Å². The molecule has 0 unspecified atom stereocenters. The van der Waals surface area contributed by atoms with Gasteiger partial charge in [-0.05, 0) is 56.3 Å². The molecule has 32 heavy (non-hydrogen) atoms. The van der Waals surface area contributed by atoms with Crippen molar-refractivity contribution in [2.75, 3.05) is 39.7 Å². The minimum atomic E-state index is -0.270. The van der Waals surface area contributed by atoms with Gasteiger partial charge < -0.3 is 24.1 Å². The van der Waals surface area contributed by atoms with Gasteiger partial charge in [0.25, 0.3) is 5.91 Å². The number of likely N-dealkylation sites (tertiary alicyclic amines) is 1. The maximum atomic E-state index is 12.9. The average molecular weight is 439 g/mol. The SMILES string of the molecule is COc1cc(C(=O)Nc2ccc3c(c2)nc(CN2CCCCC2)n3C)cc(OC)c1OC. The Labute approximate surface area is 188 Å². The molecule has 0 saturated carbocycles. The predicted molar refractivity (Wildman–Crippen MR) is 124 cm³/mol. The van der Waals surface area contributed by atoms with Gasteiger partial charge in [0.2, 0.25) is 5.75 Å². The molecule has 1 saturated heterocycles. The van der Waals surface area contributed by atoms with Crippen molar-refractivity contribution >= 4 is 22.6 Å². The molecule has 8 nitrogen and oxygen atoms in total. The first-order valence-electron chi connectivity index (χ1n) is 10.8. The fourth-order valence-electron chi connectivity index (χ4n) is 4.20. The quantitative estimate of drug-likeness (QED) is 0.604. The molecular weight excluding hydrogens is 408 g/mol. The number of aromatic nitrogens is 2. The number of imidazole rings is 1. The van der Waals surface area contributed by atoms with E-state index in [0.717, 1.165) is 36.5 Å². The Kier molecular flexibility index (Phi) is 6.50. The molecule has 0 atom stereocenters. The van der Waals surface area contributed by atoms with Gasteiger partial charge in [-0.15, -0.1) is 0 Å². The number of carbonyl (C=O) groups excluding carboxylic acids is 1. The third-order valence-corrected chi connectivity index (χ3v) is 5.97. The van der Waals surface area contributed by atoms with Gasteiger partial charge in [-0.2, -0.15) is 0 Å². The Balaban J connectivity index is 1.56. The normalized spacial score (nSPS) is 14.4. The summed E-state index contributed by atoms with van der Waals surface area (Å²) in [5.41, 5.74) is 3.00. The number of hydrogen-bond acceptors (Lipinski definition) is 6. The van der Waals surface area contributed by atoms with Gasteiger partial charge in [-0.25, -0.2) is 4.98 Å². The van der Waals surface area contributed by atoms with Gasteiger partial charge in [0.05, 0.1) is 38.9 Å². The molecule has 8 heteroatoms. The van der Waals surface area contributed by atoms with Crippen LogP contribution in [0.4, 0.5) is 5.69 Å². The molecule has 0 radical (unpaired) electrons. The number of hydrogen-bond donors (Lipinski definition) is 1. The van der Waals surface area contributed by atoms with Crippen molar-refractivity contribution in [3.8, 4) is 17.2 Å². The fourth-order valence-corrected chi connectivity index (χ4v) is 4.20. The summed E-state index contributed by atoms with van der Waals surface area (Å²) in [6.07, 6.45) is 3.82. The van der Waals surface area contributed by atoms with Crippen LogP contribution >= 0.6 is 0 Å². The first kappa shape index (κ1) is 22.0. The van der Waals surface area contributed by atoms with E-state index in [1.807, 2.05) is 25.2 Å². The molecule has 3 aromatic rings. The van der Waals surface area contributed by atoms with Gasteiger partial charge in [0.15, 0.2) is 11.5 Å². The molecule has 1 aliphatic rings. The number of anilines is 1. The van der Waals surface area contributed by atoms with E-state index < -0.39 is 0 Å². The van der Waals surface area contributed by atoms with Crippen molar-refractivity contribution in [2.24, 2.45) is 7.05 Å². The second-order valence-corrected chi connectivity index (χ2v) is 8.00. The smallest absolute Gasteiger partial charge is 0.255 e. The average Bonchev–Trinajstić information content (AvgIpc) is 3.12. The highest BCUT2D eigenvalue weighted by Crippen LogP contribution is 2.38. The topological polar surface area (TPSA) is 77.9 Å². The number of ether oxygens (including phenoxy) is 3. The Morgan fingerprint density at radius 1 is 1.00 bits per heavy atom. The first-order chi connectivity index (χ1) is 15.5. The van der Waals surface area contributed by atoms with E-state index in [2.05, 4.69) is 14.8 Å². The molecule has 1 amide bonds. The van der Waals surface area contributed by atoms with E-state index >= 15 is 0 Å². The largest absolute Gasteiger partial charge is 0.493 e. The summed E-state index contributed by atoms with van der Waals surface area (Å²) < 4.78 is 18.2. The lowest BCUT2D eigenvalue weighted by Gasteiger charge is -2.25. The molecule has 1 aliphatic heterocycles. The van der Waals surface area contributed by atoms with E-state index in [-0.39, 0.29) is 5.91 Å². The molecule has 4 rings (SSSR count). The number of carbonyl (C=O) groups is 1. The number of piperidine rings is 1. The number of nitrogens with one attached hydrogen (secondary N) is 1. The van der Waals surface area contributed by atoms with Crippen molar-refractivity contribution in [1.82, 2.24) is 14.5 Å². The van der Waals surface area contributed by atoms with Gasteiger partial charge >= 0.3 is 0 Å². The number of methoxy groups -OCH3 is 3. The molecule has 2 aromatic carbocycles. The van der Waals surface area contributed by atoms with E-state index in [4.69, 9.17) is 19.2 Å². The lowest BCUT2D eigenvalue weighted by Crippen LogP contribution is -2.30. The summed E-state index contributed by atoms with van der Waals surface area (Å²) in [7, 11) is 6.62. The van der Waals surface area contributed by atoms with E-state index in [9.17, 15) is 4.79 Å². The van der Waals surface area contributed by atoms with Crippen LogP contribution in [0.25, 0.3) is 11.0 Å². The molecule has 0 aliphatic carbocycles. The van der Waals surface area contributed by atoms with E-state index in [1.165, 1.54) is 40.6 Å². The standard InChI is InChI=1S/C24H30N4O4/c1-27-19-9-8-17(14-18(19)26-22(27)15-28-10-6-5-7-11-28)25-24(29)16-12-20(30-2)23(32-4)21(13-16)31-3/h8-9,12-14H,5-7,10-11,15H2,1-4H3,(H,25,29). The van der Waals surface area contributed by atoms with Crippen LogP contribution in [0.3, 0.4) is 0 Å². The van der Waals surface area contributed by atoms with Crippen molar-refractivity contribution in [3.63, 3.8) is 0 Å². The minimum absolute atomic E-state index is 0.270. The summed E-state index contributed by atoms with van der Waals surface area (Å²) in [4.78, 5) is 20.2. The maximum absolute atomic E-state index is 12.9. The molecule has 1 N–H and O–H groups in total. The minimum Gasteiger partial charge on any atom is -0.493 e. The molecule has 1 fully saturated rings. The van der Waals surface area contributed by atoms with Crippen molar-refractivity contribution in [1.29, 1.82) is 0 Å². The van der Waals surface area contributed by atoms with E-state index in [0.29, 0.717) is 28.5 Å². The summed E-state index contributed by atoms with van der Waals surface area (Å²) in [5, 5.41) is 2.95. The number of rotatable bonds is 7. The third kappa shape index (κ3) is 4.36. The number of amides is 1. The predicted octanol–water partition coefficient (Wildman–Crippen LogP) is 3.84. The molecule has 170 valence electrons. The lowest BCUT2D eigenvalue weighted by molar-refractivity contribution is 0.102. The van der Waals surface area contributed by atoms with Gasteiger partial charge in [0.1, 0.15) is 5.82 Å².